The Hall–Kier alpha value is -2.14. The normalized spacial score (nSPS) is 18.1. The van der Waals surface area contributed by atoms with E-state index in [0.29, 0.717) is 12.8 Å². The molecule has 0 spiro atoms. The third kappa shape index (κ3) is 2.56. The van der Waals surface area contributed by atoms with Crippen LogP contribution in [-0.2, 0) is 11.2 Å². The van der Waals surface area contributed by atoms with E-state index in [-0.39, 0.29) is 16.9 Å². The van der Waals surface area contributed by atoms with Crippen molar-refractivity contribution in [3.05, 3.63) is 52.8 Å². The van der Waals surface area contributed by atoms with Crippen molar-refractivity contribution in [1.29, 1.82) is 0 Å². The predicted octanol–water partition coefficient (Wildman–Crippen LogP) is 2.00. The second kappa shape index (κ2) is 5.33. The van der Waals surface area contributed by atoms with Crippen molar-refractivity contribution in [2.24, 2.45) is 5.73 Å². The number of nitrogens with one attached hydrogen (secondary N) is 1. The summed E-state index contributed by atoms with van der Waals surface area (Å²) in [7, 11) is 0. The molecule has 0 bridgehead atoms. The summed E-state index contributed by atoms with van der Waals surface area (Å²) in [6, 6.07) is 7.65. The first-order valence-corrected chi connectivity index (χ1v) is 7.25. The SMILES string of the molecule is CC(NC(N)=S)C1=C2Cc3ccccc3OC2=CCC1=O. The molecule has 0 radical (unpaired) electrons. The maximum atomic E-state index is 12.3. The Morgan fingerprint density at radius 1 is 1.43 bits per heavy atom. The molecule has 4 nitrogen and oxygen atoms in total. The van der Waals surface area contributed by atoms with E-state index in [9.17, 15) is 4.79 Å². The van der Waals surface area contributed by atoms with Gasteiger partial charge < -0.3 is 15.8 Å². The molecule has 1 aliphatic heterocycles. The topological polar surface area (TPSA) is 64.3 Å². The van der Waals surface area contributed by atoms with Crippen molar-refractivity contribution < 1.29 is 9.53 Å². The third-order valence-corrected chi connectivity index (χ3v) is 3.87. The lowest BCUT2D eigenvalue weighted by Gasteiger charge is -2.29. The number of para-hydroxylation sites is 1. The number of rotatable bonds is 2. The lowest BCUT2D eigenvalue weighted by molar-refractivity contribution is -0.115. The Labute approximate surface area is 128 Å². The summed E-state index contributed by atoms with van der Waals surface area (Å²) in [4.78, 5) is 12.3. The summed E-state index contributed by atoms with van der Waals surface area (Å²) >= 11 is 4.88. The molecule has 0 aromatic heterocycles. The average molecular weight is 300 g/mol. The van der Waals surface area contributed by atoms with Crippen LogP contribution < -0.4 is 15.8 Å². The van der Waals surface area contributed by atoms with E-state index in [1.165, 1.54) is 0 Å². The Balaban J connectivity index is 2.04. The maximum Gasteiger partial charge on any atom is 0.165 e. The Kier molecular flexibility index (Phi) is 3.51. The van der Waals surface area contributed by atoms with Crippen molar-refractivity contribution >= 4 is 23.1 Å². The van der Waals surface area contributed by atoms with Crippen molar-refractivity contribution in [2.45, 2.75) is 25.8 Å². The average Bonchev–Trinajstić information content (AvgIpc) is 2.44. The molecule has 21 heavy (non-hydrogen) atoms. The van der Waals surface area contributed by atoms with E-state index in [0.717, 1.165) is 28.2 Å². The van der Waals surface area contributed by atoms with E-state index < -0.39 is 0 Å². The van der Waals surface area contributed by atoms with Gasteiger partial charge in [0.15, 0.2) is 10.9 Å². The fraction of sp³-hybridized carbons (Fsp3) is 0.250. The quantitative estimate of drug-likeness (QED) is 0.818. The molecule has 1 unspecified atom stereocenters. The summed E-state index contributed by atoms with van der Waals surface area (Å²) in [5.41, 5.74) is 8.26. The number of hydrogen-bond acceptors (Lipinski definition) is 3. The zero-order valence-corrected chi connectivity index (χ0v) is 12.5. The molecular formula is C16H16N2O2S. The van der Waals surface area contributed by atoms with Crippen LogP contribution in [-0.4, -0.2) is 16.9 Å². The van der Waals surface area contributed by atoms with Gasteiger partial charge >= 0.3 is 0 Å². The van der Waals surface area contributed by atoms with Crippen molar-refractivity contribution in [2.75, 3.05) is 0 Å². The van der Waals surface area contributed by atoms with Crippen LogP contribution in [0.3, 0.4) is 0 Å². The molecule has 0 saturated heterocycles. The molecule has 1 aliphatic carbocycles. The molecular weight excluding hydrogens is 284 g/mol. The number of thiocarbonyl (C=S) groups is 1. The lowest BCUT2D eigenvalue weighted by Crippen LogP contribution is -2.41. The van der Waals surface area contributed by atoms with E-state index in [1.807, 2.05) is 37.3 Å². The number of ketones is 1. The van der Waals surface area contributed by atoms with Gasteiger partial charge in [0.1, 0.15) is 11.5 Å². The van der Waals surface area contributed by atoms with Gasteiger partial charge in [0.05, 0.1) is 6.04 Å². The second-order valence-corrected chi connectivity index (χ2v) is 5.64. The van der Waals surface area contributed by atoms with Gasteiger partial charge in [-0.3, -0.25) is 4.79 Å². The maximum absolute atomic E-state index is 12.3. The van der Waals surface area contributed by atoms with Gasteiger partial charge in [-0.2, -0.15) is 0 Å². The molecule has 5 heteroatoms. The smallest absolute Gasteiger partial charge is 0.165 e. The summed E-state index contributed by atoms with van der Waals surface area (Å²) in [6.45, 7) is 1.89. The standard InChI is InChI=1S/C16H16N2O2S/c1-9(18-16(17)21)15-11-8-10-4-2-3-5-13(10)20-14(11)7-6-12(15)19/h2-5,7,9H,6,8H2,1H3,(H3,17,18,21). The molecule has 0 amide bonds. The molecule has 1 aromatic rings. The van der Waals surface area contributed by atoms with Gasteiger partial charge in [-0.05, 0) is 36.8 Å². The number of ether oxygens (including phenoxy) is 1. The summed E-state index contributed by atoms with van der Waals surface area (Å²) < 4.78 is 5.93. The number of benzene rings is 1. The first-order valence-electron chi connectivity index (χ1n) is 6.84. The first kappa shape index (κ1) is 13.8. The second-order valence-electron chi connectivity index (χ2n) is 5.20. The zero-order chi connectivity index (χ0) is 15.0. The molecule has 1 aromatic carbocycles. The fourth-order valence-corrected chi connectivity index (χ4v) is 3.03. The Morgan fingerprint density at radius 2 is 2.19 bits per heavy atom. The van der Waals surface area contributed by atoms with Crippen molar-refractivity contribution in [1.82, 2.24) is 5.32 Å². The molecule has 108 valence electrons. The summed E-state index contributed by atoms with van der Waals surface area (Å²) in [5.74, 6) is 1.73. The Morgan fingerprint density at radius 3 is 2.95 bits per heavy atom. The molecule has 2 aliphatic rings. The van der Waals surface area contributed by atoms with Gasteiger partial charge in [-0.15, -0.1) is 0 Å². The molecule has 3 N–H and O–H groups in total. The highest BCUT2D eigenvalue weighted by molar-refractivity contribution is 7.80. The van der Waals surface area contributed by atoms with Crippen LogP contribution in [0.1, 0.15) is 18.9 Å². The van der Waals surface area contributed by atoms with E-state index in [4.69, 9.17) is 22.7 Å². The van der Waals surface area contributed by atoms with Gasteiger partial charge in [0.2, 0.25) is 0 Å². The lowest BCUT2D eigenvalue weighted by atomic mass is 9.85. The number of hydrogen-bond donors (Lipinski definition) is 2. The highest BCUT2D eigenvalue weighted by atomic mass is 32.1. The van der Waals surface area contributed by atoms with Crippen LogP contribution in [0.15, 0.2) is 47.2 Å². The summed E-state index contributed by atoms with van der Waals surface area (Å²) in [5, 5.41) is 3.14. The number of Topliss-reactive ketones (excluding diaryl/α,β-unsaturated/α-hetero) is 1. The summed E-state index contributed by atoms with van der Waals surface area (Å²) in [6.07, 6.45) is 2.89. The van der Waals surface area contributed by atoms with Gasteiger partial charge in [-0.25, -0.2) is 0 Å². The van der Waals surface area contributed by atoms with E-state index in [1.54, 1.807) is 0 Å². The number of nitrogens with two attached hydrogens (primary N) is 1. The van der Waals surface area contributed by atoms with Crippen LogP contribution >= 0.6 is 12.2 Å². The monoisotopic (exact) mass is 300 g/mol. The van der Waals surface area contributed by atoms with Crippen molar-refractivity contribution in [3.63, 3.8) is 0 Å². The van der Waals surface area contributed by atoms with Gasteiger partial charge in [-0.1, -0.05) is 18.2 Å². The largest absolute Gasteiger partial charge is 0.457 e. The molecule has 1 heterocycles. The van der Waals surface area contributed by atoms with Gasteiger partial charge in [0.25, 0.3) is 0 Å². The molecule has 0 saturated carbocycles. The highest BCUT2D eigenvalue weighted by Crippen LogP contribution is 2.37. The molecule has 1 atom stereocenters. The van der Waals surface area contributed by atoms with E-state index >= 15 is 0 Å². The number of carbonyl (C=O) groups excluding carboxylic acids is 1. The minimum Gasteiger partial charge on any atom is -0.457 e. The minimum absolute atomic E-state index is 0.0907. The molecule has 0 fully saturated rings. The highest BCUT2D eigenvalue weighted by Gasteiger charge is 2.31. The third-order valence-electron chi connectivity index (χ3n) is 3.75. The minimum atomic E-state index is -0.220. The van der Waals surface area contributed by atoms with Crippen LogP contribution in [0.25, 0.3) is 0 Å². The molecule has 3 rings (SSSR count). The van der Waals surface area contributed by atoms with Crippen LogP contribution in [0, 0.1) is 0 Å². The van der Waals surface area contributed by atoms with Crippen LogP contribution in [0.5, 0.6) is 5.75 Å². The zero-order valence-electron chi connectivity index (χ0n) is 11.7. The van der Waals surface area contributed by atoms with Gasteiger partial charge in [0, 0.05) is 24.0 Å². The number of carbonyl (C=O) groups is 1. The number of fused-ring (bicyclic) bond motifs is 2. The van der Waals surface area contributed by atoms with Crippen LogP contribution in [0.2, 0.25) is 0 Å². The Bertz CT molecular complexity index is 691. The first-order chi connectivity index (χ1) is 10.1. The van der Waals surface area contributed by atoms with Crippen molar-refractivity contribution in [3.8, 4) is 5.75 Å². The predicted molar refractivity (Wildman–Crippen MR) is 84.9 cm³/mol. The van der Waals surface area contributed by atoms with E-state index in [2.05, 4.69) is 5.32 Å². The van der Waals surface area contributed by atoms with Crippen LogP contribution in [0.4, 0.5) is 0 Å². The number of allylic oxidation sites excluding steroid dienone is 2. The fourth-order valence-electron chi connectivity index (χ4n) is 2.85.